The molecule has 0 bridgehead atoms. The van der Waals surface area contributed by atoms with E-state index >= 15 is 0 Å². The van der Waals surface area contributed by atoms with Gasteiger partial charge in [0.15, 0.2) is 0 Å². The molecule has 1 aliphatic rings. The van der Waals surface area contributed by atoms with Gasteiger partial charge in [-0.1, -0.05) is 24.4 Å². The minimum atomic E-state index is 1.13. The minimum Gasteiger partial charge on any atom is -0.0897 e. The SMILES string of the molecule is S=C1CCC=CCC1. The highest BCUT2D eigenvalue weighted by Crippen LogP contribution is 2.07. The molecule has 0 saturated carbocycles. The molecule has 0 spiro atoms. The van der Waals surface area contributed by atoms with Gasteiger partial charge in [0, 0.05) is 0 Å². The zero-order valence-electron chi connectivity index (χ0n) is 4.89. The Kier molecular flexibility index (Phi) is 2.22. The first kappa shape index (κ1) is 5.96. The van der Waals surface area contributed by atoms with E-state index in [1.165, 1.54) is 17.7 Å². The van der Waals surface area contributed by atoms with Gasteiger partial charge >= 0.3 is 0 Å². The number of rotatable bonds is 0. The second-order valence-corrected chi connectivity index (χ2v) is 2.66. The summed E-state index contributed by atoms with van der Waals surface area (Å²) < 4.78 is 0. The molecule has 0 N–H and O–H groups in total. The first-order valence-corrected chi connectivity index (χ1v) is 3.47. The lowest BCUT2D eigenvalue weighted by molar-refractivity contribution is 1.08. The Morgan fingerprint density at radius 3 is 2.12 bits per heavy atom. The summed E-state index contributed by atoms with van der Waals surface area (Å²) in [4.78, 5) is 1.25. The molecule has 0 amide bonds. The second-order valence-electron chi connectivity index (χ2n) is 2.09. The van der Waals surface area contributed by atoms with Gasteiger partial charge in [0.05, 0.1) is 0 Å². The van der Waals surface area contributed by atoms with E-state index in [2.05, 4.69) is 12.2 Å². The number of allylic oxidation sites excluding steroid dienone is 2. The normalized spacial score (nSPS) is 20.8. The lowest BCUT2D eigenvalue weighted by Gasteiger charge is -1.91. The van der Waals surface area contributed by atoms with Crippen molar-refractivity contribution in [2.45, 2.75) is 25.7 Å². The van der Waals surface area contributed by atoms with Gasteiger partial charge in [0.25, 0.3) is 0 Å². The monoisotopic (exact) mass is 126 g/mol. The maximum atomic E-state index is 5.05. The molecule has 1 heteroatoms. The van der Waals surface area contributed by atoms with E-state index in [1.807, 2.05) is 0 Å². The Bertz CT molecular complexity index is 102. The van der Waals surface area contributed by atoms with Gasteiger partial charge < -0.3 is 0 Å². The standard InChI is InChI=1S/C7H10S/c8-7-5-3-1-2-4-6-7/h1-2H,3-6H2. The zero-order chi connectivity index (χ0) is 5.82. The van der Waals surface area contributed by atoms with E-state index in [-0.39, 0.29) is 0 Å². The fraction of sp³-hybridized carbons (Fsp3) is 0.571. The lowest BCUT2D eigenvalue weighted by Crippen LogP contribution is -1.88. The van der Waals surface area contributed by atoms with Gasteiger partial charge in [-0.2, -0.15) is 0 Å². The van der Waals surface area contributed by atoms with Crippen molar-refractivity contribution < 1.29 is 0 Å². The molecule has 1 aliphatic carbocycles. The van der Waals surface area contributed by atoms with E-state index in [1.54, 1.807) is 0 Å². The third-order valence-electron chi connectivity index (χ3n) is 1.35. The van der Waals surface area contributed by atoms with Crippen molar-refractivity contribution in [1.29, 1.82) is 0 Å². The van der Waals surface area contributed by atoms with Crippen LogP contribution in [0.4, 0.5) is 0 Å². The Balaban J connectivity index is 2.39. The van der Waals surface area contributed by atoms with Crippen LogP contribution < -0.4 is 0 Å². The molecule has 44 valence electrons. The van der Waals surface area contributed by atoms with E-state index in [0.29, 0.717) is 0 Å². The van der Waals surface area contributed by atoms with Crippen molar-refractivity contribution in [1.82, 2.24) is 0 Å². The van der Waals surface area contributed by atoms with Gasteiger partial charge in [-0.05, 0) is 30.5 Å². The van der Waals surface area contributed by atoms with Gasteiger partial charge in [0.1, 0.15) is 0 Å². The maximum Gasteiger partial charge on any atom is -0.00653 e. The van der Waals surface area contributed by atoms with Crippen LogP contribution in [-0.4, -0.2) is 4.86 Å². The number of thiocarbonyl (C=S) groups is 1. The summed E-state index contributed by atoms with van der Waals surface area (Å²) in [6, 6.07) is 0. The fourth-order valence-electron chi connectivity index (χ4n) is 0.849. The second kappa shape index (κ2) is 2.98. The summed E-state index contributed by atoms with van der Waals surface area (Å²) in [5.74, 6) is 0. The predicted octanol–water partition coefficient (Wildman–Crippen LogP) is 2.49. The fourth-order valence-corrected chi connectivity index (χ4v) is 1.09. The largest absolute Gasteiger partial charge is 0.0897 e. The van der Waals surface area contributed by atoms with Crippen LogP contribution in [0.2, 0.25) is 0 Å². The maximum absolute atomic E-state index is 5.05. The number of hydrogen-bond donors (Lipinski definition) is 0. The third kappa shape index (κ3) is 1.74. The molecule has 0 unspecified atom stereocenters. The first-order valence-electron chi connectivity index (χ1n) is 3.06. The van der Waals surface area contributed by atoms with Crippen molar-refractivity contribution in [2.75, 3.05) is 0 Å². The van der Waals surface area contributed by atoms with Crippen molar-refractivity contribution in [2.24, 2.45) is 0 Å². The van der Waals surface area contributed by atoms with Crippen LogP contribution >= 0.6 is 12.2 Å². The average molecular weight is 126 g/mol. The Hall–Kier alpha value is -0.170. The third-order valence-corrected chi connectivity index (χ3v) is 1.75. The van der Waals surface area contributed by atoms with Crippen LogP contribution in [0.3, 0.4) is 0 Å². The van der Waals surface area contributed by atoms with Crippen LogP contribution in [0.5, 0.6) is 0 Å². The highest BCUT2D eigenvalue weighted by molar-refractivity contribution is 7.80. The molecule has 0 heterocycles. The van der Waals surface area contributed by atoms with E-state index in [4.69, 9.17) is 12.2 Å². The summed E-state index contributed by atoms with van der Waals surface area (Å²) in [7, 11) is 0. The lowest BCUT2D eigenvalue weighted by atomic mass is 10.2. The van der Waals surface area contributed by atoms with E-state index in [0.717, 1.165) is 12.8 Å². The van der Waals surface area contributed by atoms with Crippen molar-refractivity contribution >= 4 is 17.1 Å². The van der Waals surface area contributed by atoms with Crippen molar-refractivity contribution in [3.63, 3.8) is 0 Å². The van der Waals surface area contributed by atoms with Crippen LogP contribution in [-0.2, 0) is 0 Å². The molecule has 0 aromatic rings. The van der Waals surface area contributed by atoms with Crippen molar-refractivity contribution in [3.8, 4) is 0 Å². The number of hydrogen-bond acceptors (Lipinski definition) is 1. The van der Waals surface area contributed by atoms with Gasteiger partial charge in [-0.15, -0.1) is 0 Å². The van der Waals surface area contributed by atoms with E-state index in [9.17, 15) is 0 Å². The molecular formula is C7H10S. The summed E-state index contributed by atoms with van der Waals surface area (Å²) in [5, 5.41) is 0. The molecule has 0 aliphatic heterocycles. The Morgan fingerprint density at radius 1 is 1.12 bits per heavy atom. The van der Waals surface area contributed by atoms with E-state index < -0.39 is 0 Å². The van der Waals surface area contributed by atoms with Gasteiger partial charge in [-0.25, -0.2) is 0 Å². The average Bonchev–Trinajstić information content (AvgIpc) is 1.94. The smallest absolute Gasteiger partial charge is 0.00653 e. The molecule has 0 fully saturated rings. The van der Waals surface area contributed by atoms with Crippen molar-refractivity contribution in [3.05, 3.63) is 12.2 Å². The summed E-state index contributed by atoms with van der Waals surface area (Å²) in [5.41, 5.74) is 0. The Morgan fingerprint density at radius 2 is 1.62 bits per heavy atom. The minimum absolute atomic E-state index is 1.13. The summed E-state index contributed by atoms with van der Waals surface area (Å²) >= 11 is 5.05. The van der Waals surface area contributed by atoms with Crippen LogP contribution in [0.25, 0.3) is 0 Å². The topological polar surface area (TPSA) is 0 Å². The van der Waals surface area contributed by atoms with Crippen LogP contribution in [0.15, 0.2) is 12.2 Å². The molecule has 0 aromatic heterocycles. The predicted molar refractivity (Wildman–Crippen MR) is 40.2 cm³/mol. The molecule has 0 saturated heterocycles. The molecule has 1 rings (SSSR count). The highest BCUT2D eigenvalue weighted by atomic mass is 32.1. The quantitative estimate of drug-likeness (QED) is 0.355. The van der Waals surface area contributed by atoms with Crippen LogP contribution in [0.1, 0.15) is 25.7 Å². The molecule has 0 nitrogen and oxygen atoms in total. The summed E-state index contributed by atoms with van der Waals surface area (Å²) in [6.07, 6.45) is 9.04. The Labute approximate surface area is 55.6 Å². The molecule has 0 aromatic carbocycles. The van der Waals surface area contributed by atoms with Gasteiger partial charge in [-0.3, -0.25) is 0 Å². The molecule has 8 heavy (non-hydrogen) atoms. The van der Waals surface area contributed by atoms with Crippen LogP contribution in [0, 0.1) is 0 Å². The molecular weight excluding hydrogens is 116 g/mol. The molecule has 0 radical (unpaired) electrons. The highest BCUT2D eigenvalue weighted by Gasteiger charge is 1.96. The van der Waals surface area contributed by atoms with Gasteiger partial charge in [0.2, 0.25) is 0 Å². The summed E-state index contributed by atoms with van der Waals surface area (Å²) in [6.45, 7) is 0. The molecule has 0 atom stereocenters. The first-order chi connectivity index (χ1) is 3.89. The zero-order valence-corrected chi connectivity index (χ0v) is 5.71.